The van der Waals surface area contributed by atoms with Gasteiger partial charge >= 0.3 is 0 Å². The molecule has 0 saturated carbocycles. The molecule has 0 radical (unpaired) electrons. The number of carbonyl (C=O) groups excluding carboxylic acids is 1. The summed E-state index contributed by atoms with van der Waals surface area (Å²) in [5.41, 5.74) is 1.74. The van der Waals surface area contributed by atoms with E-state index in [2.05, 4.69) is 34.6 Å². The molecular weight excluding hydrogens is 352 g/mol. The van der Waals surface area contributed by atoms with E-state index in [0.717, 1.165) is 32.4 Å². The molecule has 1 atom stereocenters. The van der Waals surface area contributed by atoms with Crippen molar-refractivity contribution in [3.8, 4) is 0 Å². The van der Waals surface area contributed by atoms with E-state index in [9.17, 15) is 9.59 Å². The molecule has 28 heavy (non-hydrogen) atoms. The van der Waals surface area contributed by atoms with Crippen molar-refractivity contribution in [3.05, 3.63) is 70.5 Å². The number of likely N-dealkylation sites (tertiary alicyclic amines) is 1. The molecule has 6 nitrogen and oxygen atoms in total. The minimum Gasteiger partial charge on any atom is -0.343 e. The van der Waals surface area contributed by atoms with Crippen molar-refractivity contribution < 1.29 is 4.79 Å². The monoisotopic (exact) mass is 376 g/mol. The lowest BCUT2D eigenvalue weighted by molar-refractivity contribution is -0.131. The minimum atomic E-state index is -0.196. The largest absolute Gasteiger partial charge is 0.343 e. The molecule has 0 bridgehead atoms. The van der Waals surface area contributed by atoms with Gasteiger partial charge in [0.1, 0.15) is 5.52 Å². The number of aryl methyl sites for hydroxylation is 1. The Balaban J connectivity index is 1.38. The van der Waals surface area contributed by atoms with Crippen molar-refractivity contribution in [3.63, 3.8) is 0 Å². The topological polar surface area (TPSA) is 68.1 Å². The molecule has 1 fully saturated rings. The zero-order chi connectivity index (χ0) is 19.3. The average Bonchev–Trinajstić information content (AvgIpc) is 3.00. The molecule has 0 spiro atoms. The summed E-state index contributed by atoms with van der Waals surface area (Å²) in [6.07, 6.45) is 3.35. The number of hydrogen-bond acceptors (Lipinski definition) is 4. The number of fused-ring (bicyclic) bond motifs is 1. The highest BCUT2D eigenvalue weighted by molar-refractivity contribution is 5.77. The lowest BCUT2D eigenvalue weighted by Gasteiger charge is -2.21. The molecule has 2 aromatic carbocycles. The van der Waals surface area contributed by atoms with Gasteiger partial charge in [0.15, 0.2) is 0 Å². The van der Waals surface area contributed by atoms with Crippen molar-refractivity contribution >= 4 is 16.8 Å². The van der Waals surface area contributed by atoms with Crippen molar-refractivity contribution in [2.75, 3.05) is 13.1 Å². The predicted octanol–water partition coefficient (Wildman–Crippen LogP) is 2.98. The zero-order valence-corrected chi connectivity index (χ0v) is 15.8. The van der Waals surface area contributed by atoms with Gasteiger partial charge in [0, 0.05) is 19.5 Å². The van der Waals surface area contributed by atoms with Crippen molar-refractivity contribution in [2.24, 2.45) is 0 Å². The Morgan fingerprint density at radius 3 is 2.64 bits per heavy atom. The van der Waals surface area contributed by atoms with Crippen molar-refractivity contribution in [1.82, 2.24) is 19.9 Å². The van der Waals surface area contributed by atoms with Crippen LogP contribution >= 0.6 is 0 Å². The molecule has 3 aromatic rings. The zero-order valence-electron chi connectivity index (χ0n) is 15.8. The van der Waals surface area contributed by atoms with Crippen molar-refractivity contribution in [2.45, 2.75) is 38.1 Å². The Kier molecular flexibility index (Phi) is 5.46. The van der Waals surface area contributed by atoms with Crippen LogP contribution in [-0.4, -0.2) is 38.9 Å². The van der Waals surface area contributed by atoms with E-state index in [0.29, 0.717) is 16.8 Å². The van der Waals surface area contributed by atoms with Gasteiger partial charge in [-0.05, 0) is 42.9 Å². The highest BCUT2D eigenvalue weighted by Crippen LogP contribution is 2.28. The van der Waals surface area contributed by atoms with Crippen LogP contribution in [0.4, 0.5) is 0 Å². The number of hydrogen-bond donors (Lipinski definition) is 0. The fraction of sp³-hybridized carbons (Fsp3) is 0.364. The fourth-order valence-corrected chi connectivity index (χ4v) is 3.93. The first kappa shape index (κ1) is 18.3. The van der Waals surface area contributed by atoms with E-state index in [1.807, 2.05) is 17.0 Å². The smallest absolute Gasteiger partial charge is 0.277 e. The first-order valence-electron chi connectivity index (χ1n) is 9.87. The molecule has 1 aliphatic rings. The summed E-state index contributed by atoms with van der Waals surface area (Å²) in [6.45, 7) is 1.80. The first-order chi connectivity index (χ1) is 13.7. The molecule has 0 aliphatic carbocycles. The van der Waals surface area contributed by atoms with Crippen LogP contribution in [0.25, 0.3) is 10.9 Å². The number of benzene rings is 2. The summed E-state index contributed by atoms with van der Waals surface area (Å²) in [5.74, 6) is 0.587. The summed E-state index contributed by atoms with van der Waals surface area (Å²) < 4.78 is 1.30. The van der Waals surface area contributed by atoms with Gasteiger partial charge in [0.25, 0.3) is 5.56 Å². The minimum absolute atomic E-state index is 0.0792. The molecule has 0 N–H and O–H groups in total. The van der Waals surface area contributed by atoms with E-state index >= 15 is 0 Å². The van der Waals surface area contributed by atoms with Crippen LogP contribution in [0, 0.1) is 0 Å². The third kappa shape index (κ3) is 3.96. The summed E-state index contributed by atoms with van der Waals surface area (Å²) in [5, 5.41) is 8.59. The van der Waals surface area contributed by atoms with Gasteiger partial charge in [-0.25, -0.2) is 4.68 Å². The quantitative estimate of drug-likeness (QED) is 0.702. The molecule has 1 aromatic heterocycles. The predicted molar refractivity (Wildman–Crippen MR) is 108 cm³/mol. The van der Waals surface area contributed by atoms with Gasteiger partial charge in [-0.1, -0.05) is 47.7 Å². The summed E-state index contributed by atoms with van der Waals surface area (Å²) >= 11 is 0. The van der Waals surface area contributed by atoms with Crippen LogP contribution in [0.15, 0.2) is 59.4 Å². The van der Waals surface area contributed by atoms with Crippen LogP contribution in [0.3, 0.4) is 0 Å². The molecule has 1 amide bonds. The van der Waals surface area contributed by atoms with Gasteiger partial charge < -0.3 is 4.90 Å². The van der Waals surface area contributed by atoms with E-state index in [-0.39, 0.29) is 24.4 Å². The van der Waals surface area contributed by atoms with Gasteiger partial charge in [-0.15, -0.1) is 5.10 Å². The SMILES string of the molecule is O=C(CCn1nnc2ccccc2c1=O)N1CCCC(c2ccccc2)CC1. The fourth-order valence-electron chi connectivity index (χ4n) is 3.93. The van der Waals surface area contributed by atoms with Crippen molar-refractivity contribution in [1.29, 1.82) is 0 Å². The maximum Gasteiger partial charge on any atom is 0.277 e. The second-order valence-corrected chi connectivity index (χ2v) is 7.30. The maximum absolute atomic E-state index is 12.7. The van der Waals surface area contributed by atoms with Crippen LogP contribution < -0.4 is 5.56 Å². The highest BCUT2D eigenvalue weighted by Gasteiger charge is 2.21. The van der Waals surface area contributed by atoms with Crippen LogP contribution in [0.5, 0.6) is 0 Å². The lowest BCUT2D eigenvalue weighted by Crippen LogP contribution is -2.34. The normalized spacial score (nSPS) is 17.4. The summed E-state index contributed by atoms with van der Waals surface area (Å²) in [4.78, 5) is 27.1. The molecule has 1 aliphatic heterocycles. The van der Waals surface area contributed by atoms with Gasteiger partial charge in [-0.3, -0.25) is 9.59 Å². The maximum atomic E-state index is 12.7. The average molecular weight is 376 g/mol. The van der Waals surface area contributed by atoms with E-state index in [1.165, 1.54) is 10.2 Å². The first-order valence-corrected chi connectivity index (χ1v) is 9.87. The lowest BCUT2D eigenvalue weighted by atomic mass is 9.92. The van der Waals surface area contributed by atoms with Crippen LogP contribution in [0.1, 0.15) is 37.2 Å². The molecule has 1 saturated heterocycles. The Hall–Kier alpha value is -3.02. The van der Waals surface area contributed by atoms with Crippen LogP contribution in [0.2, 0.25) is 0 Å². The Bertz CT molecular complexity index is 1020. The molecule has 6 heteroatoms. The van der Waals surface area contributed by atoms with Crippen LogP contribution in [-0.2, 0) is 11.3 Å². The standard InChI is InChI=1S/C22H24N4O2/c27-21(13-16-26-22(28)19-10-4-5-11-20(19)23-24-26)25-14-6-9-18(12-15-25)17-7-2-1-3-8-17/h1-5,7-8,10-11,18H,6,9,12-16H2. The Morgan fingerprint density at radius 2 is 1.79 bits per heavy atom. The number of aromatic nitrogens is 3. The third-order valence-corrected chi connectivity index (χ3v) is 5.52. The van der Waals surface area contributed by atoms with E-state index < -0.39 is 0 Å². The van der Waals surface area contributed by atoms with E-state index in [1.54, 1.807) is 18.2 Å². The number of carbonyl (C=O) groups is 1. The van der Waals surface area contributed by atoms with Gasteiger partial charge in [-0.2, -0.15) is 0 Å². The number of amides is 1. The Labute approximate surface area is 163 Å². The van der Waals surface area contributed by atoms with Gasteiger partial charge in [0.05, 0.1) is 11.9 Å². The van der Waals surface area contributed by atoms with Gasteiger partial charge in [0.2, 0.25) is 5.91 Å². The number of nitrogens with zero attached hydrogens (tertiary/aromatic N) is 4. The molecule has 2 heterocycles. The third-order valence-electron chi connectivity index (χ3n) is 5.52. The second-order valence-electron chi connectivity index (χ2n) is 7.30. The molecule has 4 rings (SSSR count). The number of rotatable bonds is 4. The summed E-state index contributed by atoms with van der Waals surface area (Å²) in [7, 11) is 0. The van der Waals surface area contributed by atoms with E-state index in [4.69, 9.17) is 0 Å². The highest BCUT2D eigenvalue weighted by atomic mass is 16.2. The summed E-state index contributed by atoms with van der Waals surface area (Å²) in [6, 6.07) is 17.7. The molecular formula is C22H24N4O2. The molecule has 144 valence electrons. The second kappa shape index (κ2) is 8.33. The molecule has 1 unspecified atom stereocenters. The Morgan fingerprint density at radius 1 is 1.00 bits per heavy atom.